The second-order valence-corrected chi connectivity index (χ2v) is 5.29. The summed E-state index contributed by atoms with van der Waals surface area (Å²) in [5.41, 5.74) is 7.26. The highest BCUT2D eigenvalue weighted by Gasteiger charge is 2.14. The summed E-state index contributed by atoms with van der Waals surface area (Å²) in [6.45, 7) is 0. The number of hydrogen-bond acceptors (Lipinski definition) is 2. The number of methoxy groups -OCH3 is 1. The maximum Gasteiger partial charge on any atom is 0.131 e. The Hall–Kier alpha value is -1.46. The van der Waals surface area contributed by atoms with Gasteiger partial charge in [0.1, 0.15) is 17.4 Å². The van der Waals surface area contributed by atoms with Crippen molar-refractivity contribution in [3.63, 3.8) is 0 Å². The zero-order valence-corrected chi connectivity index (χ0v) is 12.5. The van der Waals surface area contributed by atoms with Gasteiger partial charge in [-0.25, -0.2) is 8.78 Å². The predicted molar refractivity (Wildman–Crippen MR) is 77.7 cm³/mol. The standard InChI is InChI=1S/C15H14BrF2NO/c1-20-11-4-5-12(14(18)8-11)15(19)6-9-2-3-10(17)7-13(9)16/h2-5,7-8,15H,6,19H2,1H3. The van der Waals surface area contributed by atoms with Crippen molar-refractivity contribution in [1.29, 1.82) is 0 Å². The van der Waals surface area contributed by atoms with E-state index in [0.29, 0.717) is 22.2 Å². The molecule has 2 aromatic rings. The molecule has 0 spiro atoms. The third-order valence-corrected chi connectivity index (χ3v) is 3.80. The molecule has 0 saturated carbocycles. The molecular weight excluding hydrogens is 328 g/mol. The van der Waals surface area contributed by atoms with Crippen LogP contribution in [0, 0.1) is 11.6 Å². The van der Waals surface area contributed by atoms with Crippen molar-refractivity contribution in [2.45, 2.75) is 12.5 Å². The van der Waals surface area contributed by atoms with Gasteiger partial charge < -0.3 is 10.5 Å². The summed E-state index contributed by atoms with van der Waals surface area (Å²) in [4.78, 5) is 0. The van der Waals surface area contributed by atoms with Crippen molar-refractivity contribution < 1.29 is 13.5 Å². The van der Waals surface area contributed by atoms with Crippen molar-refractivity contribution in [2.75, 3.05) is 7.11 Å². The molecule has 0 bridgehead atoms. The third kappa shape index (κ3) is 3.35. The van der Waals surface area contributed by atoms with Gasteiger partial charge in [-0.1, -0.05) is 28.1 Å². The van der Waals surface area contributed by atoms with Crippen molar-refractivity contribution >= 4 is 15.9 Å². The molecule has 2 N–H and O–H groups in total. The molecule has 0 aliphatic heterocycles. The second-order valence-electron chi connectivity index (χ2n) is 4.43. The van der Waals surface area contributed by atoms with E-state index in [4.69, 9.17) is 10.5 Å². The molecule has 0 heterocycles. The summed E-state index contributed by atoms with van der Waals surface area (Å²) >= 11 is 3.28. The highest BCUT2D eigenvalue weighted by Crippen LogP contribution is 2.26. The minimum atomic E-state index is -0.511. The zero-order valence-electron chi connectivity index (χ0n) is 10.9. The maximum absolute atomic E-state index is 13.9. The first-order valence-electron chi connectivity index (χ1n) is 6.04. The minimum Gasteiger partial charge on any atom is -0.497 e. The topological polar surface area (TPSA) is 35.2 Å². The lowest BCUT2D eigenvalue weighted by molar-refractivity contribution is 0.410. The average molecular weight is 342 g/mol. The van der Waals surface area contributed by atoms with E-state index in [1.165, 1.54) is 25.3 Å². The van der Waals surface area contributed by atoms with E-state index in [2.05, 4.69) is 15.9 Å². The van der Waals surface area contributed by atoms with Crippen LogP contribution in [-0.4, -0.2) is 7.11 Å². The molecule has 106 valence electrons. The molecule has 1 unspecified atom stereocenters. The summed E-state index contributed by atoms with van der Waals surface area (Å²) in [7, 11) is 1.48. The van der Waals surface area contributed by atoms with E-state index < -0.39 is 11.9 Å². The molecule has 2 rings (SSSR count). The molecule has 0 saturated heterocycles. The summed E-state index contributed by atoms with van der Waals surface area (Å²) in [5, 5.41) is 0. The van der Waals surface area contributed by atoms with Gasteiger partial charge in [-0.3, -0.25) is 0 Å². The number of ether oxygens (including phenoxy) is 1. The monoisotopic (exact) mass is 341 g/mol. The number of nitrogens with two attached hydrogens (primary N) is 1. The summed E-state index contributed by atoms with van der Waals surface area (Å²) in [5.74, 6) is -0.290. The van der Waals surface area contributed by atoms with Crippen LogP contribution in [0.4, 0.5) is 8.78 Å². The molecule has 0 amide bonds. The first-order chi connectivity index (χ1) is 9.51. The third-order valence-electron chi connectivity index (χ3n) is 3.06. The largest absolute Gasteiger partial charge is 0.497 e. The van der Waals surface area contributed by atoms with Gasteiger partial charge in [-0.2, -0.15) is 0 Å². The maximum atomic E-state index is 13.9. The van der Waals surface area contributed by atoms with Crippen LogP contribution < -0.4 is 10.5 Å². The van der Waals surface area contributed by atoms with E-state index in [1.807, 2.05) is 0 Å². The Labute approximate surface area is 124 Å². The molecule has 2 nitrogen and oxygen atoms in total. The number of rotatable bonds is 4. The Balaban J connectivity index is 2.21. The van der Waals surface area contributed by atoms with Crippen molar-refractivity contribution in [1.82, 2.24) is 0 Å². The Morgan fingerprint density at radius 3 is 2.55 bits per heavy atom. The molecule has 5 heteroatoms. The van der Waals surface area contributed by atoms with Crippen molar-refractivity contribution in [3.05, 3.63) is 63.6 Å². The van der Waals surface area contributed by atoms with Crippen LogP contribution in [0.25, 0.3) is 0 Å². The lowest BCUT2D eigenvalue weighted by Gasteiger charge is -2.15. The molecule has 1 atom stereocenters. The van der Waals surface area contributed by atoms with Crippen LogP contribution in [-0.2, 0) is 6.42 Å². The van der Waals surface area contributed by atoms with Gasteiger partial charge in [0.15, 0.2) is 0 Å². The second kappa shape index (κ2) is 6.33. The molecule has 2 aromatic carbocycles. The van der Waals surface area contributed by atoms with Gasteiger partial charge in [0, 0.05) is 22.1 Å². The summed E-state index contributed by atoms with van der Waals surface area (Å²) in [6, 6.07) is 8.43. The molecule has 0 radical (unpaired) electrons. The minimum absolute atomic E-state index is 0.329. The van der Waals surface area contributed by atoms with Gasteiger partial charge in [0.2, 0.25) is 0 Å². The first-order valence-corrected chi connectivity index (χ1v) is 6.83. The fourth-order valence-corrected chi connectivity index (χ4v) is 2.48. The lowest BCUT2D eigenvalue weighted by atomic mass is 9.99. The van der Waals surface area contributed by atoms with E-state index in [0.717, 1.165) is 5.56 Å². The van der Waals surface area contributed by atoms with Crippen LogP contribution in [0.3, 0.4) is 0 Å². The number of halogens is 3. The highest BCUT2D eigenvalue weighted by atomic mass is 79.9. The Kier molecular flexibility index (Phi) is 4.73. The predicted octanol–water partition coefficient (Wildman–Crippen LogP) is 3.98. The summed E-state index contributed by atoms with van der Waals surface area (Å²) in [6.07, 6.45) is 0.407. The Morgan fingerprint density at radius 1 is 1.20 bits per heavy atom. The normalized spacial score (nSPS) is 12.2. The Bertz CT molecular complexity index is 619. The van der Waals surface area contributed by atoms with E-state index in [1.54, 1.807) is 18.2 Å². The zero-order chi connectivity index (χ0) is 14.7. The molecular formula is C15H14BrF2NO. The highest BCUT2D eigenvalue weighted by molar-refractivity contribution is 9.10. The van der Waals surface area contributed by atoms with Crippen LogP contribution >= 0.6 is 15.9 Å². The van der Waals surface area contributed by atoms with Gasteiger partial charge >= 0.3 is 0 Å². The fourth-order valence-electron chi connectivity index (χ4n) is 1.97. The first kappa shape index (κ1) is 14.9. The molecule has 0 aliphatic rings. The number of hydrogen-bond donors (Lipinski definition) is 1. The van der Waals surface area contributed by atoms with Gasteiger partial charge in [0.05, 0.1) is 7.11 Å². The van der Waals surface area contributed by atoms with Crippen LogP contribution in [0.15, 0.2) is 40.9 Å². The summed E-state index contributed by atoms with van der Waals surface area (Å²) < 4.78 is 32.5. The van der Waals surface area contributed by atoms with Gasteiger partial charge in [0.25, 0.3) is 0 Å². The van der Waals surface area contributed by atoms with Crippen LogP contribution in [0.5, 0.6) is 5.75 Å². The van der Waals surface area contributed by atoms with E-state index in [-0.39, 0.29) is 5.82 Å². The Morgan fingerprint density at radius 2 is 1.95 bits per heavy atom. The van der Waals surface area contributed by atoms with Crippen LogP contribution in [0.1, 0.15) is 17.2 Å². The van der Waals surface area contributed by atoms with Crippen LogP contribution in [0.2, 0.25) is 0 Å². The van der Waals surface area contributed by atoms with Gasteiger partial charge in [-0.15, -0.1) is 0 Å². The lowest BCUT2D eigenvalue weighted by Crippen LogP contribution is -2.15. The molecule has 0 fully saturated rings. The smallest absolute Gasteiger partial charge is 0.131 e. The molecule has 0 aliphatic carbocycles. The molecule has 0 aromatic heterocycles. The van der Waals surface area contributed by atoms with E-state index in [9.17, 15) is 8.78 Å². The quantitative estimate of drug-likeness (QED) is 0.912. The van der Waals surface area contributed by atoms with E-state index >= 15 is 0 Å². The average Bonchev–Trinajstić information content (AvgIpc) is 2.41. The van der Waals surface area contributed by atoms with Gasteiger partial charge in [-0.05, 0) is 30.2 Å². The van der Waals surface area contributed by atoms with Crippen molar-refractivity contribution in [2.24, 2.45) is 5.73 Å². The molecule has 20 heavy (non-hydrogen) atoms. The SMILES string of the molecule is COc1ccc(C(N)Cc2ccc(F)cc2Br)c(F)c1. The number of benzene rings is 2. The fraction of sp³-hybridized carbons (Fsp3) is 0.200. The van der Waals surface area contributed by atoms with Crippen molar-refractivity contribution in [3.8, 4) is 5.75 Å².